The fourth-order valence-electron chi connectivity index (χ4n) is 1.10. The van der Waals surface area contributed by atoms with Gasteiger partial charge in [-0.15, -0.1) is 0 Å². The van der Waals surface area contributed by atoms with Crippen LogP contribution in [-0.4, -0.2) is 16.3 Å². The SMILES string of the molecule is CC(=O)c1nc(NC(C)(C)C)oc1C. The third-order valence-electron chi connectivity index (χ3n) is 1.61. The van der Waals surface area contributed by atoms with Crippen molar-refractivity contribution in [2.45, 2.75) is 40.2 Å². The van der Waals surface area contributed by atoms with E-state index in [1.165, 1.54) is 6.92 Å². The molecule has 1 rings (SSSR count). The number of rotatable bonds is 2. The fraction of sp³-hybridized carbons (Fsp3) is 0.600. The van der Waals surface area contributed by atoms with Gasteiger partial charge in [-0.2, -0.15) is 4.98 Å². The molecular formula is C10H16N2O2. The molecule has 0 amide bonds. The van der Waals surface area contributed by atoms with Gasteiger partial charge in [-0.05, 0) is 27.7 Å². The van der Waals surface area contributed by atoms with Crippen molar-refractivity contribution in [1.29, 1.82) is 0 Å². The molecular weight excluding hydrogens is 180 g/mol. The Morgan fingerprint density at radius 1 is 1.43 bits per heavy atom. The van der Waals surface area contributed by atoms with Crippen molar-refractivity contribution >= 4 is 11.8 Å². The predicted molar refractivity (Wildman–Crippen MR) is 54.6 cm³/mol. The van der Waals surface area contributed by atoms with Gasteiger partial charge in [0.15, 0.2) is 5.78 Å². The second-order valence-corrected chi connectivity index (χ2v) is 4.35. The molecule has 0 unspecified atom stereocenters. The summed E-state index contributed by atoms with van der Waals surface area (Å²) in [5.74, 6) is 0.484. The summed E-state index contributed by atoms with van der Waals surface area (Å²) in [7, 11) is 0. The number of aryl methyl sites for hydroxylation is 1. The van der Waals surface area contributed by atoms with Crippen molar-refractivity contribution in [1.82, 2.24) is 4.98 Å². The summed E-state index contributed by atoms with van der Waals surface area (Å²) in [6.07, 6.45) is 0. The van der Waals surface area contributed by atoms with Crippen LogP contribution in [0, 0.1) is 6.92 Å². The molecule has 0 aliphatic heterocycles. The zero-order valence-electron chi connectivity index (χ0n) is 9.26. The number of anilines is 1. The van der Waals surface area contributed by atoms with E-state index in [2.05, 4.69) is 10.3 Å². The number of oxazole rings is 1. The molecule has 0 aliphatic carbocycles. The van der Waals surface area contributed by atoms with Crippen LogP contribution < -0.4 is 5.32 Å². The minimum absolute atomic E-state index is 0.0757. The van der Waals surface area contributed by atoms with E-state index in [4.69, 9.17) is 4.42 Å². The molecule has 78 valence electrons. The Kier molecular flexibility index (Phi) is 2.64. The maximum Gasteiger partial charge on any atom is 0.295 e. The van der Waals surface area contributed by atoms with Crippen LogP contribution in [0.1, 0.15) is 43.9 Å². The number of carbonyl (C=O) groups is 1. The summed E-state index contributed by atoms with van der Waals surface area (Å²) in [6.45, 7) is 9.21. The van der Waals surface area contributed by atoms with E-state index >= 15 is 0 Å². The molecule has 1 N–H and O–H groups in total. The average Bonchev–Trinajstić information content (AvgIpc) is 2.26. The number of hydrogen-bond acceptors (Lipinski definition) is 4. The van der Waals surface area contributed by atoms with Gasteiger partial charge in [-0.1, -0.05) is 0 Å². The molecule has 0 radical (unpaired) electrons. The van der Waals surface area contributed by atoms with E-state index in [-0.39, 0.29) is 11.3 Å². The van der Waals surface area contributed by atoms with Crippen LogP contribution in [0.15, 0.2) is 4.42 Å². The largest absolute Gasteiger partial charge is 0.428 e. The lowest BCUT2D eigenvalue weighted by atomic mass is 10.1. The Morgan fingerprint density at radius 3 is 2.36 bits per heavy atom. The molecule has 0 saturated heterocycles. The van der Waals surface area contributed by atoms with Gasteiger partial charge in [-0.3, -0.25) is 4.79 Å². The molecule has 1 heterocycles. The second-order valence-electron chi connectivity index (χ2n) is 4.35. The Hall–Kier alpha value is -1.32. The number of hydrogen-bond donors (Lipinski definition) is 1. The Balaban J connectivity index is 2.92. The number of nitrogens with one attached hydrogen (secondary N) is 1. The lowest BCUT2D eigenvalue weighted by Crippen LogP contribution is -2.26. The number of Topliss-reactive ketones (excluding diaryl/α,β-unsaturated/α-hetero) is 1. The monoisotopic (exact) mass is 196 g/mol. The molecule has 4 heteroatoms. The molecule has 1 aromatic rings. The first-order chi connectivity index (χ1) is 6.29. The highest BCUT2D eigenvalue weighted by Crippen LogP contribution is 2.18. The van der Waals surface area contributed by atoms with Gasteiger partial charge in [0.25, 0.3) is 6.01 Å². The Bertz CT molecular complexity index is 347. The molecule has 0 atom stereocenters. The van der Waals surface area contributed by atoms with Gasteiger partial charge < -0.3 is 9.73 Å². The standard InChI is InChI=1S/C10H16N2O2/c1-6(13)8-7(2)14-9(11-8)12-10(3,4)5/h1-5H3,(H,11,12). The topological polar surface area (TPSA) is 55.1 Å². The molecule has 14 heavy (non-hydrogen) atoms. The first-order valence-electron chi connectivity index (χ1n) is 4.56. The fourth-order valence-corrected chi connectivity index (χ4v) is 1.10. The van der Waals surface area contributed by atoms with Gasteiger partial charge >= 0.3 is 0 Å². The van der Waals surface area contributed by atoms with Crippen molar-refractivity contribution < 1.29 is 9.21 Å². The molecule has 0 fully saturated rings. The summed E-state index contributed by atoms with van der Waals surface area (Å²) in [6, 6.07) is 0.403. The van der Waals surface area contributed by atoms with Crippen molar-refractivity contribution in [2.24, 2.45) is 0 Å². The third-order valence-corrected chi connectivity index (χ3v) is 1.61. The minimum Gasteiger partial charge on any atom is -0.428 e. The van der Waals surface area contributed by atoms with Crippen molar-refractivity contribution in [2.75, 3.05) is 5.32 Å². The van der Waals surface area contributed by atoms with Gasteiger partial charge in [0.05, 0.1) is 0 Å². The van der Waals surface area contributed by atoms with Crippen LogP contribution in [-0.2, 0) is 0 Å². The number of ketones is 1. The maximum atomic E-state index is 11.1. The zero-order chi connectivity index (χ0) is 10.9. The van der Waals surface area contributed by atoms with Gasteiger partial charge in [0, 0.05) is 12.5 Å². The van der Waals surface area contributed by atoms with Crippen LogP contribution in [0.4, 0.5) is 6.01 Å². The lowest BCUT2D eigenvalue weighted by molar-refractivity contribution is 0.101. The highest BCUT2D eigenvalue weighted by molar-refractivity contribution is 5.93. The number of carbonyl (C=O) groups excluding carboxylic acids is 1. The van der Waals surface area contributed by atoms with E-state index in [9.17, 15) is 4.79 Å². The van der Waals surface area contributed by atoms with E-state index in [1.54, 1.807) is 6.92 Å². The van der Waals surface area contributed by atoms with E-state index < -0.39 is 0 Å². The van der Waals surface area contributed by atoms with Crippen LogP contribution >= 0.6 is 0 Å². The van der Waals surface area contributed by atoms with Gasteiger partial charge in [-0.25, -0.2) is 0 Å². The number of nitrogens with zero attached hydrogens (tertiary/aromatic N) is 1. The minimum atomic E-state index is -0.120. The first-order valence-corrected chi connectivity index (χ1v) is 4.56. The van der Waals surface area contributed by atoms with Gasteiger partial charge in [0.1, 0.15) is 11.5 Å². The van der Waals surface area contributed by atoms with Crippen molar-refractivity contribution in [3.63, 3.8) is 0 Å². The normalized spacial score (nSPS) is 11.5. The zero-order valence-corrected chi connectivity index (χ0v) is 9.26. The van der Waals surface area contributed by atoms with E-state index in [1.807, 2.05) is 20.8 Å². The molecule has 0 spiro atoms. The van der Waals surface area contributed by atoms with Crippen molar-refractivity contribution in [3.8, 4) is 0 Å². The lowest BCUT2D eigenvalue weighted by Gasteiger charge is -2.18. The summed E-state index contributed by atoms with van der Waals surface area (Å²) in [5.41, 5.74) is 0.280. The molecule has 0 saturated carbocycles. The third kappa shape index (κ3) is 2.58. The Morgan fingerprint density at radius 2 is 2.00 bits per heavy atom. The van der Waals surface area contributed by atoms with Crippen LogP contribution in [0.3, 0.4) is 0 Å². The summed E-state index contributed by atoms with van der Waals surface area (Å²) >= 11 is 0. The molecule has 4 nitrogen and oxygen atoms in total. The molecule has 0 aromatic carbocycles. The highest BCUT2D eigenvalue weighted by atomic mass is 16.4. The second kappa shape index (κ2) is 3.44. The molecule has 0 aliphatic rings. The van der Waals surface area contributed by atoms with E-state index in [0.717, 1.165) is 0 Å². The van der Waals surface area contributed by atoms with Crippen LogP contribution in [0.5, 0.6) is 0 Å². The predicted octanol–water partition coefficient (Wildman–Crippen LogP) is 2.40. The molecule has 0 bridgehead atoms. The summed E-state index contributed by atoms with van der Waals surface area (Å²) in [5, 5.41) is 3.07. The quantitative estimate of drug-likeness (QED) is 0.738. The van der Waals surface area contributed by atoms with E-state index in [0.29, 0.717) is 17.5 Å². The summed E-state index contributed by atoms with van der Waals surface area (Å²) in [4.78, 5) is 15.2. The smallest absolute Gasteiger partial charge is 0.295 e. The average molecular weight is 196 g/mol. The van der Waals surface area contributed by atoms with Crippen LogP contribution in [0.25, 0.3) is 0 Å². The first kappa shape index (κ1) is 10.8. The maximum absolute atomic E-state index is 11.1. The summed E-state index contributed by atoms with van der Waals surface area (Å²) < 4.78 is 5.31. The highest BCUT2D eigenvalue weighted by Gasteiger charge is 2.17. The number of aromatic nitrogens is 1. The van der Waals surface area contributed by atoms with Crippen molar-refractivity contribution in [3.05, 3.63) is 11.5 Å². The Labute approximate surface area is 83.7 Å². The van der Waals surface area contributed by atoms with Crippen LogP contribution in [0.2, 0.25) is 0 Å². The van der Waals surface area contributed by atoms with Gasteiger partial charge in [0.2, 0.25) is 0 Å². The molecule has 1 aromatic heterocycles.